The summed E-state index contributed by atoms with van der Waals surface area (Å²) < 4.78 is 30.9. The Morgan fingerprint density at radius 2 is 1.73 bits per heavy atom. The van der Waals surface area contributed by atoms with E-state index in [1.807, 2.05) is 104 Å². The Bertz CT molecular complexity index is 2210. The SMILES string of the molecule is COc1ccc2c(c1)[C@@]1(O[C@H](CCn3cc(C(CO)c4ccccc4)nn3)[C@@H]([Si](C)(C)F)[C@@H]1C)C(=O)N2Cc1ccc(N2C(=O)CCc3ccccc32)cc1. The first-order valence-electron chi connectivity index (χ1n) is 19.0. The first kappa shape index (κ1) is 36.8. The van der Waals surface area contributed by atoms with E-state index in [1.54, 1.807) is 34.7 Å². The van der Waals surface area contributed by atoms with Gasteiger partial charge < -0.3 is 23.6 Å². The highest BCUT2D eigenvalue weighted by Crippen LogP contribution is 2.60. The first-order chi connectivity index (χ1) is 26.5. The topological polar surface area (TPSA) is 110 Å². The third-order valence-corrected chi connectivity index (χ3v) is 14.2. The zero-order valence-electron chi connectivity index (χ0n) is 31.6. The van der Waals surface area contributed by atoms with Gasteiger partial charge in [-0.05, 0) is 79.0 Å². The Kier molecular flexibility index (Phi) is 9.68. The molecular weight excluding hydrogens is 714 g/mol. The van der Waals surface area contributed by atoms with Crippen LogP contribution in [-0.4, -0.2) is 60.1 Å². The van der Waals surface area contributed by atoms with Gasteiger partial charge in [0.2, 0.25) is 14.3 Å². The van der Waals surface area contributed by atoms with Crippen molar-refractivity contribution in [2.24, 2.45) is 5.92 Å². The minimum Gasteiger partial charge on any atom is -0.497 e. The Morgan fingerprint density at radius 1 is 0.982 bits per heavy atom. The minimum atomic E-state index is -3.40. The molecule has 8 rings (SSSR count). The minimum absolute atomic E-state index is 0.0487. The number of aliphatic hydroxyl groups excluding tert-OH is 1. The van der Waals surface area contributed by atoms with E-state index in [9.17, 15) is 14.7 Å². The summed E-state index contributed by atoms with van der Waals surface area (Å²) in [6, 6.07) is 31.0. The molecule has 0 aliphatic carbocycles. The molecule has 1 aromatic heterocycles. The number of para-hydroxylation sites is 1. The summed E-state index contributed by atoms with van der Waals surface area (Å²) in [7, 11) is -1.82. The van der Waals surface area contributed by atoms with E-state index < -0.39 is 31.6 Å². The van der Waals surface area contributed by atoms with Gasteiger partial charge in [-0.15, -0.1) is 5.10 Å². The van der Waals surface area contributed by atoms with Crippen LogP contribution in [-0.2, 0) is 39.4 Å². The average Bonchev–Trinajstić information content (AvgIpc) is 3.85. The molecule has 55 heavy (non-hydrogen) atoms. The van der Waals surface area contributed by atoms with Crippen molar-refractivity contribution in [2.45, 2.75) is 75.5 Å². The molecule has 5 aromatic rings. The monoisotopic (exact) mass is 759 g/mol. The number of fused-ring (bicyclic) bond motifs is 3. The van der Waals surface area contributed by atoms with Gasteiger partial charge in [-0.25, -0.2) is 0 Å². The van der Waals surface area contributed by atoms with Crippen molar-refractivity contribution in [3.05, 3.63) is 131 Å². The summed E-state index contributed by atoms with van der Waals surface area (Å²) in [6.07, 6.45) is 2.84. The fourth-order valence-corrected chi connectivity index (χ4v) is 11.7. The van der Waals surface area contributed by atoms with Crippen LogP contribution < -0.4 is 14.5 Å². The standard InChI is InChI=1S/C43H46FN5O5Si/c1-28-41(55(3,4)44)39(22-23-47-26-36(45-46-47)34(27-50)30-10-6-5-7-11-30)54-43(28)35-24-33(53-2)19-20-38(35)48(42(43)52)25-29-14-17-32(18-15-29)49-37-13-9-8-12-31(37)16-21-40(49)51/h5-15,17-20,24,26,28,34,39,41,50H,16,21-23,25,27H2,1-4H3/t28-,34?,39+,41-,43+/m0/s1. The lowest BCUT2D eigenvalue weighted by Gasteiger charge is -2.31. The molecule has 1 spiro atoms. The number of halogens is 1. The summed E-state index contributed by atoms with van der Waals surface area (Å²) in [5.41, 5.74) is 4.75. The van der Waals surface area contributed by atoms with Gasteiger partial charge in [-0.1, -0.05) is 72.8 Å². The molecular formula is C43H46FN5O5Si. The third-order valence-electron chi connectivity index (χ3n) is 11.7. The number of aryl methyl sites for hydroxylation is 2. The van der Waals surface area contributed by atoms with E-state index in [1.165, 1.54) is 0 Å². The predicted molar refractivity (Wildman–Crippen MR) is 211 cm³/mol. The Morgan fingerprint density at radius 3 is 2.45 bits per heavy atom. The van der Waals surface area contributed by atoms with Gasteiger partial charge in [0.05, 0.1) is 49.4 Å². The number of ether oxygens (including phenoxy) is 2. The van der Waals surface area contributed by atoms with Crippen LogP contribution in [0.5, 0.6) is 5.75 Å². The van der Waals surface area contributed by atoms with Gasteiger partial charge >= 0.3 is 0 Å². The van der Waals surface area contributed by atoms with Crippen LogP contribution in [0.25, 0.3) is 0 Å². The number of aliphatic hydroxyl groups is 1. The number of anilines is 3. The van der Waals surface area contributed by atoms with Crippen molar-refractivity contribution >= 4 is 37.3 Å². The second-order valence-corrected chi connectivity index (χ2v) is 19.2. The van der Waals surface area contributed by atoms with Crippen molar-refractivity contribution in [3.63, 3.8) is 0 Å². The number of nitrogens with zero attached hydrogens (tertiary/aromatic N) is 5. The highest BCUT2D eigenvalue weighted by Gasteiger charge is 2.66. The molecule has 10 nitrogen and oxygen atoms in total. The van der Waals surface area contributed by atoms with Crippen LogP contribution in [0.1, 0.15) is 53.6 Å². The van der Waals surface area contributed by atoms with E-state index >= 15 is 4.11 Å². The molecule has 3 aliphatic rings. The lowest BCUT2D eigenvalue weighted by molar-refractivity contribution is -0.146. The molecule has 1 fully saturated rings. The van der Waals surface area contributed by atoms with Crippen LogP contribution in [0, 0.1) is 5.92 Å². The quantitative estimate of drug-likeness (QED) is 0.110. The van der Waals surface area contributed by atoms with E-state index in [4.69, 9.17) is 9.47 Å². The number of carbonyl (C=O) groups is 2. The van der Waals surface area contributed by atoms with Gasteiger partial charge in [0.1, 0.15) is 5.75 Å². The fraction of sp³-hybridized carbons (Fsp3) is 0.349. The number of rotatable bonds is 11. The van der Waals surface area contributed by atoms with Gasteiger partial charge in [0, 0.05) is 41.9 Å². The lowest BCUT2D eigenvalue weighted by atomic mass is 9.82. The second-order valence-electron chi connectivity index (χ2n) is 15.4. The maximum absolute atomic E-state index is 16.5. The molecule has 1 N–H and O–H groups in total. The Labute approximate surface area is 321 Å². The zero-order valence-corrected chi connectivity index (χ0v) is 32.6. The number of hydrogen-bond acceptors (Lipinski definition) is 7. The number of methoxy groups -OCH3 is 1. The van der Waals surface area contributed by atoms with Gasteiger partial charge in [-0.3, -0.25) is 19.2 Å². The zero-order chi connectivity index (χ0) is 38.5. The average molecular weight is 760 g/mol. The number of benzene rings is 4. The van der Waals surface area contributed by atoms with Gasteiger partial charge in [-0.2, -0.15) is 0 Å². The van der Waals surface area contributed by atoms with Crippen LogP contribution in [0.2, 0.25) is 18.6 Å². The van der Waals surface area contributed by atoms with Crippen molar-refractivity contribution in [1.82, 2.24) is 15.0 Å². The largest absolute Gasteiger partial charge is 0.497 e. The molecule has 12 heteroatoms. The third kappa shape index (κ3) is 6.45. The lowest BCUT2D eigenvalue weighted by Crippen LogP contribution is -2.45. The maximum atomic E-state index is 16.5. The fourth-order valence-electron chi connectivity index (χ4n) is 9.12. The number of aromatic nitrogens is 3. The Balaban J connectivity index is 1.07. The highest BCUT2D eigenvalue weighted by molar-refractivity contribution is 6.72. The van der Waals surface area contributed by atoms with E-state index in [0.29, 0.717) is 42.1 Å². The molecule has 0 radical (unpaired) electrons. The molecule has 1 saturated heterocycles. The Hall–Kier alpha value is -5.17. The molecule has 5 atom stereocenters. The normalized spacial score (nSPS) is 22.6. The van der Waals surface area contributed by atoms with Crippen LogP contribution >= 0.6 is 0 Å². The van der Waals surface area contributed by atoms with Crippen molar-refractivity contribution in [2.75, 3.05) is 23.5 Å². The highest BCUT2D eigenvalue weighted by atomic mass is 28.4. The van der Waals surface area contributed by atoms with Crippen LogP contribution in [0.4, 0.5) is 21.2 Å². The van der Waals surface area contributed by atoms with Crippen molar-refractivity contribution in [3.8, 4) is 5.75 Å². The first-order valence-corrected chi connectivity index (χ1v) is 21.9. The molecule has 284 valence electrons. The van der Waals surface area contributed by atoms with E-state index in [2.05, 4.69) is 16.4 Å². The molecule has 4 heterocycles. The molecule has 3 aliphatic heterocycles. The van der Waals surface area contributed by atoms with Crippen LogP contribution in [0.15, 0.2) is 103 Å². The number of amides is 2. The molecule has 1 unspecified atom stereocenters. The molecule has 0 saturated carbocycles. The van der Waals surface area contributed by atoms with Crippen LogP contribution in [0.3, 0.4) is 0 Å². The van der Waals surface area contributed by atoms with Crippen molar-refractivity contribution in [1.29, 1.82) is 0 Å². The van der Waals surface area contributed by atoms with Gasteiger partial charge in [0.25, 0.3) is 5.91 Å². The molecule has 2 amide bonds. The van der Waals surface area contributed by atoms with E-state index in [-0.39, 0.29) is 30.9 Å². The van der Waals surface area contributed by atoms with Gasteiger partial charge in [0.15, 0.2) is 5.60 Å². The number of carbonyl (C=O) groups excluding carboxylic acids is 2. The number of hydrogen-bond donors (Lipinski definition) is 1. The second kappa shape index (κ2) is 14.5. The molecule has 0 bridgehead atoms. The molecule has 4 aromatic carbocycles. The summed E-state index contributed by atoms with van der Waals surface area (Å²) in [6.45, 7) is 5.89. The van der Waals surface area contributed by atoms with Crippen molar-refractivity contribution < 1.29 is 28.3 Å². The smallest absolute Gasteiger partial charge is 0.264 e. The summed E-state index contributed by atoms with van der Waals surface area (Å²) in [5.74, 6) is -0.381. The summed E-state index contributed by atoms with van der Waals surface area (Å²) in [5, 5.41) is 18.9. The summed E-state index contributed by atoms with van der Waals surface area (Å²) in [4.78, 5) is 31.6. The predicted octanol–water partition coefficient (Wildman–Crippen LogP) is 7.43. The van der Waals surface area contributed by atoms with E-state index in [0.717, 1.165) is 34.5 Å². The summed E-state index contributed by atoms with van der Waals surface area (Å²) >= 11 is 0. The maximum Gasteiger partial charge on any atom is 0.264 e.